The molecule has 110 valence electrons. The van der Waals surface area contributed by atoms with Gasteiger partial charge in [0.1, 0.15) is 0 Å². The standard InChI is InChI=1S/C18H13Cl2NO/c19-16-7-4-14(5-8-16)15-6-9-18(22)21(12-15)11-13-2-1-3-17(20)10-13/h1-10,12H,11H2. The highest BCUT2D eigenvalue weighted by Gasteiger charge is 2.03. The molecule has 3 aromatic rings. The van der Waals surface area contributed by atoms with Gasteiger partial charge in [-0.05, 0) is 47.0 Å². The van der Waals surface area contributed by atoms with Crippen molar-refractivity contribution in [1.82, 2.24) is 4.57 Å². The number of pyridine rings is 1. The molecule has 0 spiro atoms. The second-order valence-corrected chi connectivity index (χ2v) is 5.89. The van der Waals surface area contributed by atoms with Gasteiger partial charge in [-0.1, -0.05) is 47.5 Å². The third-order valence-corrected chi connectivity index (χ3v) is 3.89. The molecule has 0 amide bonds. The van der Waals surface area contributed by atoms with E-state index in [9.17, 15) is 4.79 Å². The van der Waals surface area contributed by atoms with Gasteiger partial charge in [0.05, 0.1) is 6.54 Å². The van der Waals surface area contributed by atoms with Crippen LogP contribution in [0.25, 0.3) is 11.1 Å². The zero-order chi connectivity index (χ0) is 15.5. The molecule has 0 aliphatic carbocycles. The maximum Gasteiger partial charge on any atom is 0.250 e. The molecular formula is C18H13Cl2NO. The van der Waals surface area contributed by atoms with Crippen molar-refractivity contribution in [2.75, 3.05) is 0 Å². The lowest BCUT2D eigenvalue weighted by Gasteiger charge is -2.09. The fourth-order valence-electron chi connectivity index (χ4n) is 2.30. The molecule has 1 heterocycles. The summed E-state index contributed by atoms with van der Waals surface area (Å²) in [5, 5.41) is 1.36. The van der Waals surface area contributed by atoms with Gasteiger partial charge in [-0.25, -0.2) is 0 Å². The molecule has 0 radical (unpaired) electrons. The van der Waals surface area contributed by atoms with Crippen LogP contribution in [0.1, 0.15) is 5.56 Å². The van der Waals surface area contributed by atoms with Crippen LogP contribution in [0.2, 0.25) is 10.0 Å². The van der Waals surface area contributed by atoms with Crippen LogP contribution in [0.5, 0.6) is 0 Å². The van der Waals surface area contributed by atoms with Crippen LogP contribution in [0, 0.1) is 0 Å². The van der Waals surface area contributed by atoms with Crippen molar-refractivity contribution in [3.05, 3.63) is 92.8 Å². The lowest BCUT2D eigenvalue weighted by molar-refractivity contribution is 0.761. The minimum atomic E-state index is -0.0438. The summed E-state index contributed by atoms with van der Waals surface area (Å²) in [5.74, 6) is 0. The Labute approximate surface area is 138 Å². The van der Waals surface area contributed by atoms with E-state index in [2.05, 4.69) is 0 Å². The molecule has 3 rings (SSSR count). The first-order chi connectivity index (χ1) is 10.6. The van der Waals surface area contributed by atoms with Gasteiger partial charge < -0.3 is 4.57 Å². The number of hydrogen-bond acceptors (Lipinski definition) is 1. The fraction of sp³-hybridized carbons (Fsp3) is 0.0556. The van der Waals surface area contributed by atoms with Crippen molar-refractivity contribution < 1.29 is 0 Å². The molecule has 4 heteroatoms. The topological polar surface area (TPSA) is 22.0 Å². The van der Waals surface area contributed by atoms with Crippen molar-refractivity contribution in [3.8, 4) is 11.1 Å². The zero-order valence-corrected chi connectivity index (χ0v) is 13.2. The molecule has 0 saturated heterocycles. The van der Waals surface area contributed by atoms with Crippen LogP contribution in [0.15, 0.2) is 71.7 Å². The van der Waals surface area contributed by atoms with Crippen LogP contribution < -0.4 is 5.56 Å². The smallest absolute Gasteiger partial charge is 0.250 e. The van der Waals surface area contributed by atoms with Crippen molar-refractivity contribution >= 4 is 23.2 Å². The molecule has 22 heavy (non-hydrogen) atoms. The largest absolute Gasteiger partial charge is 0.310 e. The van der Waals surface area contributed by atoms with E-state index in [1.165, 1.54) is 0 Å². The minimum absolute atomic E-state index is 0.0438. The van der Waals surface area contributed by atoms with E-state index in [-0.39, 0.29) is 5.56 Å². The van der Waals surface area contributed by atoms with Crippen molar-refractivity contribution in [3.63, 3.8) is 0 Å². The highest BCUT2D eigenvalue weighted by molar-refractivity contribution is 6.30. The Hall–Kier alpha value is -2.03. The van der Waals surface area contributed by atoms with E-state index < -0.39 is 0 Å². The number of nitrogens with zero attached hydrogens (tertiary/aromatic N) is 1. The molecule has 2 nitrogen and oxygen atoms in total. The van der Waals surface area contributed by atoms with Crippen LogP contribution in [-0.2, 0) is 6.54 Å². The van der Waals surface area contributed by atoms with Gasteiger partial charge in [-0.2, -0.15) is 0 Å². The average molecular weight is 330 g/mol. The van der Waals surface area contributed by atoms with E-state index in [1.54, 1.807) is 10.6 Å². The van der Waals surface area contributed by atoms with Crippen molar-refractivity contribution in [2.24, 2.45) is 0 Å². The summed E-state index contributed by atoms with van der Waals surface area (Å²) in [4.78, 5) is 12.1. The lowest BCUT2D eigenvalue weighted by atomic mass is 10.1. The summed E-state index contributed by atoms with van der Waals surface area (Å²) in [6, 6.07) is 18.5. The summed E-state index contributed by atoms with van der Waals surface area (Å²) in [6.45, 7) is 0.487. The van der Waals surface area contributed by atoms with Crippen LogP contribution in [0.3, 0.4) is 0 Å². The van der Waals surface area contributed by atoms with Gasteiger partial charge in [0.2, 0.25) is 0 Å². The van der Waals surface area contributed by atoms with Gasteiger partial charge in [0.15, 0.2) is 0 Å². The van der Waals surface area contributed by atoms with Gasteiger partial charge in [-0.15, -0.1) is 0 Å². The van der Waals surface area contributed by atoms with E-state index in [0.717, 1.165) is 16.7 Å². The monoisotopic (exact) mass is 329 g/mol. The molecular weight excluding hydrogens is 317 g/mol. The van der Waals surface area contributed by atoms with E-state index in [1.807, 2.05) is 60.8 Å². The molecule has 0 aliphatic heterocycles. The van der Waals surface area contributed by atoms with Gasteiger partial charge in [0.25, 0.3) is 5.56 Å². The molecule has 1 aromatic heterocycles. The van der Waals surface area contributed by atoms with E-state index in [0.29, 0.717) is 16.6 Å². The molecule has 0 N–H and O–H groups in total. The van der Waals surface area contributed by atoms with E-state index in [4.69, 9.17) is 23.2 Å². The predicted octanol–water partition coefficient (Wildman–Crippen LogP) is 4.87. The first-order valence-corrected chi connectivity index (χ1v) is 7.58. The van der Waals surface area contributed by atoms with Gasteiger partial charge in [0, 0.05) is 22.3 Å². The number of benzene rings is 2. The van der Waals surface area contributed by atoms with Gasteiger partial charge >= 0.3 is 0 Å². The Balaban J connectivity index is 1.96. The zero-order valence-electron chi connectivity index (χ0n) is 11.7. The molecule has 0 saturated carbocycles. The van der Waals surface area contributed by atoms with Crippen LogP contribution in [-0.4, -0.2) is 4.57 Å². The molecule has 0 aliphatic rings. The van der Waals surface area contributed by atoms with E-state index >= 15 is 0 Å². The molecule has 0 fully saturated rings. The third-order valence-electron chi connectivity index (χ3n) is 3.40. The molecule has 2 aromatic carbocycles. The summed E-state index contributed by atoms with van der Waals surface area (Å²) in [6.07, 6.45) is 1.85. The third kappa shape index (κ3) is 3.41. The Morgan fingerprint density at radius 3 is 2.27 bits per heavy atom. The second kappa shape index (κ2) is 6.39. The second-order valence-electron chi connectivity index (χ2n) is 5.02. The first kappa shape index (κ1) is 14.9. The summed E-state index contributed by atoms with van der Waals surface area (Å²) < 4.78 is 1.68. The molecule has 0 atom stereocenters. The summed E-state index contributed by atoms with van der Waals surface area (Å²) in [7, 11) is 0. The number of rotatable bonds is 3. The summed E-state index contributed by atoms with van der Waals surface area (Å²) >= 11 is 11.9. The Kier molecular flexibility index (Phi) is 4.32. The number of aromatic nitrogens is 1. The maximum absolute atomic E-state index is 12.1. The average Bonchev–Trinajstić information content (AvgIpc) is 2.50. The SMILES string of the molecule is O=c1ccc(-c2ccc(Cl)cc2)cn1Cc1cccc(Cl)c1. The highest BCUT2D eigenvalue weighted by atomic mass is 35.5. The lowest BCUT2D eigenvalue weighted by Crippen LogP contribution is -2.19. The van der Waals surface area contributed by atoms with Crippen LogP contribution in [0.4, 0.5) is 0 Å². The minimum Gasteiger partial charge on any atom is -0.310 e. The highest BCUT2D eigenvalue weighted by Crippen LogP contribution is 2.20. The molecule has 0 unspecified atom stereocenters. The van der Waals surface area contributed by atoms with Crippen molar-refractivity contribution in [1.29, 1.82) is 0 Å². The Bertz CT molecular complexity index is 853. The van der Waals surface area contributed by atoms with Crippen LogP contribution >= 0.6 is 23.2 Å². The maximum atomic E-state index is 12.1. The van der Waals surface area contributed by atoms with Crippen molar-refractivity contribution in [2.45, 2.75) is 6.54 Å². The summed E-state index contributed by atoms with van der Waals surface area (Å²) in [5.41, 5.74) is 2.93. The molecule has 0 bridgehead atoms. The normalized spacial score (nSPS) is 10.6. The number of halogens is 2. The quantitative estimate of drug-likeness (QED) is 0.671. The first-order valence-electron chi connectivity index (χ1n) is 6.83. The Morgan fingerprint density at radius 1 is 0.818 bits per heavy atom. The fourth-order valence-corrected chi connectivity index (χ4v) is 2.64. The predicted molar refractivity (Wildman–Crippen MR) is 91.7 cm³/mol. The Morgan fingerprint density at radius 2 is 1.55 bits per heavy atom. The number of hydrogen-bond donors (Lipinski definition) is 0. The van der Waals surface area contributed by atoms with Gasteiger partial charge in [-0.3, -0.25) is 4.79 Å².